The smallest absolute Gasteiger partial charge is 0.134 e. The highest BCUT2D eigenvalue weighted by atomic mass is 19.1. The number of piperidine rings is 1. The molecule has 0 aliphatic carbocycles. The molecule has 0 saturated carbocycles. The summed E-state index contributed by atoms with van der Waals surface area (Å²) in [7, 11) is 0. The van der Waals surface area contributed by atoms with Crippen LogP contribution in [0.3, 0.4) is 0 Å². The van der Waals surface area contributed by atoms with E-state index >= 15 is 0 Å². The first-order valence-corrected chi connectivity index (χ1v) is 11.3. The zero-order valence-corrected chi connectivity index (χ0v) is 18.7. The van der Waals surface area contributed by atoms with Gasteiger partial charge >= 0.3 is 0 Å². The van der Waals surface area contributed by atoms with E-state index in [4.69, 9.17) is 9.47 Å². The van der Waals surface area contributed by atoms with E-state index in [0.29, 0.717) is 52.2 Å². The van der Waals surface area contributed by atoms with Crippen LogP contribution >= 0.6 is 0 Å². The van der Waals surface area contributed by atoms with Gasteiger partial charge in [-0.1, -0.05) is 18.2 Å². The van der Waals surface area contributed by atoms with Crippen LogP contribution in [0.25, 0.3) is 0 Å². The van der Waals surface area contributed by atoms with Gasteiger partial charge in [-0.2, -0.15) is 0 Å². The van der Waals surface area contributed by atoms with Gasteiger partial charge in [-0.25, -0.2) is 4.39 Å². The van der Waals surface area contributed by atoms with Crippen molar-refractivity contribution in [2.45, 2.75) is 31.0 Å². The van der Waals surface area contributed by atoms with E-state index < -0.39 is 11.2 Å². The maximum atomic E-state index is 13.6. The van der Waals surface area contributed by atoms with Crippen molar-refractivity contribution in [3.63, 3.8) is 0 Å². The van der Waals surface area contributed by atoms with Crippen LogP contribution in [0.5, 0.6) is 5.75 Å². The molecule has 0 aromatic heterocycles. The van der Waals surface area contributed by atoms with Crippen LogP contribution in [-0.4, -0.2) is 78.9 Å². The Bertz CT molecular complexity index is 903. The standard InChI is InChI=1S/C25H33FN2O4/c1-20-4-2-7-23(14-20)32-19-25(30)17-27(12-13-31-18-25)16-24(29)8-10-28(11-9-24)22-6-3-5-21(26)15-22/h2-7,14-15,29-30H,8-13,16-19H2,1H3/t25-/m0/s1. The average molecular weight is 445 g/mol. The molecule has 174 valence electrons. The number of halogens is 1. The lowest BCUT2D eigenvalue weighted by atomic mass is 9.90. The second kappa shape index (κ2) is 9.75. The molecule has 0 unspecified atom stereocenters. The molecule has 7 heteroatoms. The highest BCUT2D eigenvalue weighted by molar-refractivity contribution is 5.47. The predicted molar refractivity (Wildman–Crippen MR) is 122 cm³/mol. The molecule has 2 aromatic rings. The normalized spacial score (nSPS) is 24.2. The molecule has 0 radical (unpaired) electrons. The molecule has 2 aliphatic heterocycles. The Balaban J connectivity index is 1.33. The predicted octanol–water partition coefficient (Wildman–Crippen LogP) is 2.61. The summed E-state index contributed by atoms with van der Waals surface area (Å²) in [5, 5.41) is 22.4. The van der Waals surface area contributed by atoms with Crippen molar-refractivity contribution in [2.24, 2.45) is 0 Å². The van der Waals surface area contributed by atoms with Gasteiger partial charge in [0.2, 0.25) is 0 Å². The quantitative estimate of drug-likeness (QED) is 0.714. The van der Waals surface area contributed by atoms with Gasteiger partial charge in [-0.15, -0.1) is 0 Å². The molecule has 0 spiro atoms. The number of hydrogen-bond donors (Lipinski definition) is 2. The van der Waals surface area contributed by atoms with Gasteiger partial charge in [0.1, 0.15) is 23.8 Å². The van der Waals surface area contributed by atoms with E-state index in [0.717, 1.165) is 17.0 Å². The molecule has 2 aromatic carbocycles. The van der Waals surface area contributed by atoms with Gasteiger partial charge in [-0.3, -0.25) is 4.90 Å². The summed E-state index contributed by atoms with van der Waals surface area (Å²) in [6.45, 7) is 5.60. The van der Waals surface area contributed by atoms with E-state index in [9.17, 15) is 14.6 Å². The van der Waals surface area contributed by atoms with Crippen LogP contribution in [-0.2, 0) is 4.74 Å². The molecule has 2 N–H and O–H groups in total. The maximum Gasteiger partial charge on any atom is 0.134 e. The lowest BCUT2D eigenvalue weighted by molar-refractivity contribution is -0.0742. The summed E-state index contributed by atoms with van der Waals surface area (Å²) >= 11 is 0. The number of hydrogen-bond acceptors (Lipinski definition) is 6. The zero-order valence-electron chi connectivity index (χ0n) is 18.7. The van der Waals surface area contributed by atoms with Gasteiger partial charge in [-0.05, 0) is 55.7 Å². The fourth-order valence-corrected chi connectivity index (χ4v) is 4.57. The van der Waals surface area contributed by atoms with E-state index in [1.165, 1.54) is 12.1 Å². The molecule has 2 aliphatic rings. The van der Waals surface area contributed by atoms with Crippen molar-refractivity contribution < 1.29 is 24.1 Å². The molecule has 2 saturated heterocycles. The Labute approximate surface area is 189 Å². The summed E-state index contributed by atoms with van der Waals surface area (Å²) < 4.78 is 25.1. The third kappa shape index (κ3) is 5.98. The van der Waals surface area contributed by atoms with Gasteiger partial charge in [0.15, 0.2) is 0 Å². The van der Waals surface area contributed by atoms with Gasteiger partial charge in [0.25, 0.3) is 0 Å². The average Bonchev–Trinajstić information content (AvgIpc) is 2.94. The van der Waals surface area contributed by atoms with Crippen LogP contribution in [0.15, 0.2) is 48.5 Å². The second-order valence-electron chi connectivity index (χ2n) is 9.28. The number of nitrogens with zero attached hydrogens (tertiary/aromatic N) is 2. The molecule has 32 heavy (non-hydrogen) atoms. The van der Waals surface area contributed by atoms with Crippen LogP contribution in [0, 0.1) is 12.7 Å². The third-order valence-electron chi connectivity index (χ3n) is 6.32. The summed E-state index contributed by atoms with van der Waals surface area (Å²) in [6.07, 6.45) is 1.16. The minimum Gasteiger partial charge on any atom is -0.490 e. The molecule has 0 bridgehead atoms. The molecule has 6 nitrogen and oxygen atoms in total. The molecule has 4 rings (SSSR count). The van der Waals surface area contributed by atoms with E-state index in [2.05, 4.69) is 9.80 Å². The van der Waals surface area contributed by atoms with Gasteiger partial charge in [0.05, 0.1) is 18.8 Å². The number of rotatable bonds is 6. The number of β-amino-alcohol motifs (C(OH)–C–C–N with tert-alkyl or cyclic N) is 2. The summed E-state index contributed by atoms with van der Waals surface area (Å²) in [5.74, 6) is 0.470. The number of aliphatic hydroxyl groups is 2. The SMILES string of the molecule is Cc1cccc(OC[C@@]2(O)COCCN(CC3(O)CCN(c4cccc(F)c4)CC3)C2)c1. The monoisotopic (exact) mass is 444 g/mol. The number of aryl methyl sites for hydroxylation is 1. The van der Waals surface area contributed by atoms with Crippen molar-refractivity contribution >= 4 is 5.69 Å². The van der Waals surface area contributed by atoms with Gasteiger partial charge < -0.3 is 24.6 Å². The topological polar surface area (TPSA) is 65.4 Å². The van der Waals surface area contributed by atoms with Crippen molar-refractivity contribution in [1.29, 1.82) is 0 Å². The maximum absolute atomic E-state index is 13.6. The molecule has 0 amide bonds. The third-order valence-corrected chi connectivity index (χ3v) is 6.32. The highest BCUT2D eigenvalue weighted by Crippen LogP contribution is 2.28. The van der Waals surface area contributed by atoms with E-state index in [-0.39, 0.29) is 19.0 Å². The Hall–Kier alpha value is -2.19. The van der Waals surface area contributed by atoms with Crippen molar-refractivity contribution in [3.05, 3.63) is 59.9 Å². The fourth-order valence-electron chi connectivity index (χ4n) is 4.57. The van der Waals surface area contributed by atoms with Crippen LogP contribution in [0.4, 0.5) is 10.1 Å². The number of anilines is 1. The Morgan fingerprint density at radius 3 is 2.56 bits per heavy atom. The van der Waals surface area contributed by atoms with E-state index in [1.807, 2.05) is 37.3 Å². The molecule has 1 atom stereocenters. The first kappa shape index (κ1) is 23.0. The number of benzene rings is 2. The molecule has 2 heterocycles. The van der Waals surface area contributed by atoms with E-state index in [1.54, 1.807) is 6.07 Å². The highest BCUT2D eigenvalue weighted by Gasteiger charge is 2.39. The number of ether oxygens (including phenoxy) is 2. The zero-order chi connectivity index (χ0) is 22.6. The fraction of sp³-hybridized carbons (Fsp3) is 0.520. The second-order valence-corrected chi connectivity index (χ2v) is 9.28. The minimum absolute atomic E-state index is 0.124. The Kier molecular flexibility index (Phi) is 7.00. The van der Waals surface area contributed by atoms with Crippen molar-refractivity contribution in [2.75, 3.05) is 57.4 Å². The lowest BCUT2D eigenvalue weighted by Gasteiger charge is -2.42. The van der Waals surface area contributed by atoms with Crippen molar-refractivity contribution in [1.82, 2.24) is 4.90 Å². The first-order valence-electron chi connectivity index (χ1n) is 11.3. The van der Waals surface area contributed by atoms with Crippen LogP contribution in [0.2, 0.25) is 0 Å². The summed E-state index contributed by atoms with van der Waals surface area (Å²) in [4.78, 5) is 4.18. The molecular weight excluding hydrogens is 411 g/mol. The van der Waals surface area contributed by atoms with Crippen LogP contribution < -0.4 is 9.64 Å². The first-order chi connectivity index (χ1) is 15.3. The van der Waals surface area contributed by atoms with Crippen molar-refractivity contribution in [3.8, 4) is 5.75 Å². The Morgan fingerprint density at radius 1 is 1.03 bits per heavy atom. The molecule has 2 fully saturated rings. The Morgan fingerprint density at radius 2 is 1.81 bits per heavy atom. The largest absolute Gasteiger partial charge is 0.490 e. The van der Waals surface area contributed by atoms with Gasteiger partial charge in [0, 0.05) is 38.4 Å². The minimum atomic E-state index is -1.15. The lowest BCUT2D eigenvalue weighted by Crippen LogP contribution is -2.55. The summed E-state index contributed by atoms with van der Waals surface area (Å²) in [6, 6.07) is 14.3. The summed E-state index contributed by atoms with van der Waals surface area (Å²) in [5.41, 5.74) is -0.0661. The molecular formula is C25H33FN2O4. The van der Waals surface area contributed by atoms with Crippen LogP contribution in [0.1, 0.15) is 18.4 Å².